The van der Waals surface area contributed by atoms with E-state index in [2.05, 4.69) is 5.10 Å². The van der Waals surface area contributed by atoms with E-state index in [4.69, 9.17) is 17.3 Å². The molecule has 1 saturated heterocycles. The molecule has 0 aromatic heterocycles. The third kappa shape index (κ3) is 1.97. The van der Waals surface area contributed by atoms with E-state index in [1.807, 2.05) is 30.3 Å². The highest BCUT2D eigenvalue weighted by molar-refractivity contribution is 6.06. The zero-order valence-corrected chi connectivity index (χ0v) is 11.6. The molecule has 110 valence electrons. The van der Waals surface area contributed by atoms with Gasteiger partial charge in [0, 0.05) is 6.54 Å². The Balaban J connectivity index is 2.15. The van der Waals surface area contributed by atoms with E-state index in [1.54, 1.807) is 4.90 Å². The number of carbonyl (C=O) groups excluding carboxylic acids is 1. The molecule has 1 fully saturated rings. The monoisotopic (exact) mass is 286 g/mol. The molecular weight excluding hydrogens is 268 g/mol. The van der Waals surface area contributed by atoms with Gasteiger partial charge in [0.2, 0.25) is 0 Å². The van der Waals surface area contributed by atoms with Crippen molar-refractivity contribution in [2.45, 2.75) is 18.9 Å². The Morgan fingerprint density at radius 3 is 2.67 bits per heavy atom. The topological polar surface area (TPSA) is 114 Å². The third-order valence-corrected chi connectivity index (χ3v) is 3.97. The highest BCUT2D eigenvalue weighted by Gasteiger charge is 2.43. The van der Waals surface area contributed by atoms with Crippen molar-refractivity contribution in [1.29, 1.82) is 0 Å². The maximum atomic E-state index is 12.7. The smallest absolute Gasteiger partial charge is 0.330 e. The Morgan fingerprint density at radius 1 is 1.29 bits per heavy atom. The van der Waals surface area contributed by atoms with E-state index in [0.717, 1.165) is 12.8 Å². The summed E-state index contributed by atoms with van der Waals surface area (Å²) in [5.74, 6) is 5.80. The summed E-state index contributed by atoms with van der Waals surface area (Å²) < 4.78 is 0. The first-order valence-electron chi connectivity index (χ1n) is 6.84. The molecule has 0 radical (unpaired) electrons. The summed E-state index contributed by atoms with van der Waals surface area (Å²) in [5.41, 5.74) is 13.5. The number of carbonyl (C=O) groups is 1. The molecular formula is C14H18N6O. The number of amides is 2. The number of hydrogen-bond donors (Lipinski definition) is 3. The molecule has 0 aliphatic carbocycles. The molecule has 1 atom stereocenters. The summed E-state index contributed by atoms with van der Waals surface area (Å²) in [6.07, 6.45) is 1.73. The molecule has 6 N–H and O–H groups in total. The lowest BCUT2D eigenvalue weighted by atomic mass is 10.0. The fraction of sp³-hybridized carbons (Fsp3) is 0.286. The van der Waals surface area contributed by atoms with E-state index in [9.17, 15) is 4.79 Å². The molecule has 2 aliphatic heterocycles. The van der Waals surface area contributed by atoms with Crippen molar-refractivity contribution in [2.24, 2.45) is 22.4 Å². The number of hydrogen-bond acceptors (Lipinski definition) is 4. The van der Waals surface area contributed by atoms with Crippen molar-refractivity contribution in [2.75, 3.05) is 11.4 Å². The SMILES string of the molecule is N/N=C(/N)C1=C(N)N(c2ccccc2)C(=O)N2CCCC12. The number of nitrogens with two attached hydrogens (primary N) is 3. The van der Waals surface area contributed by atoms with Gasteiger partial charge >= 0.3 is 6.03 Å². The Labute approximate surface area is 122 Å². The maximum Gasteiger partial charge on any atom is 0.330 e. The van der Waals surface area contributed by atoms with Crippen LogP contribution in [0, 0.1) is 0 Å². The normalized spacial score (nSPS) is 22.8. The van der Waals surface area contributed by atoms with Gasteiger partial charge in [-0.25, -0.2) is 9.69 Å². The summed E-state index contributed by atoms with van der Waals surface area (Å²) in [4.78, 5) is 15.9. The number of hydrazone groups is 1. The number of benzene rings is 1. The van der Waals surface area contributed by atoms with Crippen molar-refractivity contribution in [3.8, 4) is 0 Å². The first-order valence-corrected chi connectivity index (χ1v) is 6.84. The van der Waals surface area contributed by atoms with Crippen molar-refractivity contribution < 1.29 is 4.79 Å². The van der Waals surface area contributed by atoms with Crippen LogP contribution < -0.4 is 22.2 Å². The van der Waals surface area contributed by atoms with Gasteiger partial charge in [-0.3, -0.25) is 0 Å². The fourth-order valence-corrected chi connectivity index (χ4v) is 3.02. The van der Waals surface area contributed by atoms with Crippen LogP contribution in [-0.4, -0.2) is 29.4 Å². The molecule has 2 aliphatic rings. The second kappa shape index (κ2) is 5.01. The van der Waals surface area contributed by atoms with Crippen molar-refractivity contribution >= 4 is 17.6 Å². The first kappa shape index (κ1) is 13.3. The van der Waals surface area contributed by atoms with Crippen molar-refractivity contribution in [1.82, 2.24) is 4.90 Å². The van der Waals surface area contributed by atoms with Crippen LogP contribution in [0.2, 0.25) is 0 Å². The second-order valence-electron chi connectivity index (χ2n) is 5.12. The van der Waals surface area contributed by atoms with Gasteiger partial charge in [0.1, 0.15) is 5.82 Å². The molecule has 0 spiro atoms. The molecule has 7 heteroatoms. The lowest BCUT2D eigenvalue weighted by molar-refractivity contribution is 0.204. The van der Waals surface area contributed by atoms with Gasteiger partial charge in [0.15, 0.2) is 5.84 Å². The molecule has 1 aromatic rings. The highest BCUT2D eigenvalue weighted by Crippen LogP contribution is 2.34. The predicted octanol–water partition coefficient (Wildman–Crippen LogP) is 0.492. The van der Waals surface area contributed by atoms with Crippen molar-refractivity contribution in [3.05, 3.63) is 41.7 Å². The van der Waals surface area contributed by atoms with Crippen LogP contribution >= 0.6 is 0 Å². The highest BCUT2D eigenvalue weighted by atomic mass is 16.2. The summed E-state index contributed by atoms with van der Waals surface area (Å²) in [7, 11) is 0. The number of nitrogens with zero attached hydrogens (tertiary/aromatic N) is 3. The summed E-state index contributed by atoms with van der Waals surface area (Å²) >= 11 is 0. The summed E-state index contributed by atoms with van der Waals surface area (Å²) in [6, 6.07) is 8.98. The first-order chi connectivity index (χ1) is 10.1. The van der Waals surface area contributed by atoms with Gasteiger partial charge in [-0.1, -0.05) is 18.2 Å². The second-order valence-corrected chi connectivity index (χ2v) is 5.12. The number of urea groups is 1. The predicted molar refractivity (Wildman–Crippen MR) is 81.1 cm³/mol. The molecule has 2 heterocycles. The van der Waals surface area contributed by atoms with Crippen LogP contribution in [0.25, 0.3) is 0 Å². The van der Waals surface area contributed by atoms with Crippen LogP contribution in [0.3, 0.4) is 0 Å². The van der Waals surface area contributed by atoms with E-state index in [1.165, 1.54) is 4.90 Å². The molecule has 1 aromatic carbocycles. The Morgan fingerprint density at radius 2 is 2.00 bits per heavy atom. The summed E-state index contributed by atoms with van der Waals surface area (Å²) in [6.45, 7) is 0.682. The number of anilines is 1. The lowest BCUT2D eigenvalue weighted by Crippen LogP contribution is -2.55. The van der Waals surface area contributed by atoms with Gasteiger partial charge in [0.25, 0.3) is 0 Å². The Kier molecular flexibility index (Phi) is 3.17. The lowest BCUT2D eigenvalue weighted by Gasteiger charge is -2.39. The van der Waals surface area contributed by atoms with Crippen LogP contribution in [0.15, 0.2) is 46.8 Å². The summed E-state index contributed by atoms with van der Waals surface area (Å²) in [5, 5.41) is 3.57. The molecule has 21 heavy (non-hydrogen) atoms. The van der Waals surface area contributed by atoms with Gasteiger partial charge in [-0.15, -0.1) is 0 Å². The average Bonchev–Trinajstić information content (AvgIpc) is 2.97. The number of amidine groups is 1. The standard InChI is InChI=1S/C14H18N6O/c15-12(18-17)11-10-7-4-8-19(10)14(21)20(13(11)16)9-5-2-1-3-6-9/h1-3,5-6,10H,4,7-8,16-17H2,(H2,15,18). The molecule has 3 rings (SSSR count). The van der Waals surface area contributed by atoms with E-state index in [0.29, 0.717) is 23.6 Å². The van der Waals surface area contributed by atoms with Crippen LogP contribution in [0.1, 0.15) is 12.8 Å². The minimum Gasteiger partial charge on any atom is -0.384 e. The minimum atomic E-state index is -0.134. The quantitative estimate of drug-likeness (QED) is 0.318. The minimum absolute atomic E-state index is 0.130. The van der Waals surface area contributed by atoms with E-state index >= 15 is 0 Å². The fourth-order valence-electron chi connectivity index (χ4n) is 3.02. The molecule has 2 amide bonds. The largest absolute Gasteiger partial charge is 0.384 e. The van der Waals surface area contributed by atoms with Gasteiger partial charge in [-0.05, 0) is 25.0 Å². The number of para-hydroxylation sites is 1. The molecule has 0 bridgehead atoms. The third-order valence-electron chi connectivity index (χ3n) is 3.97. The zero-order valence-electron chi connectivity index (χ0n) is 11.6. The van der Waals surface area contributed by atoms with Crippen LogP contribution in [0.5, 0.6) is 0 Å². The molecule has 7 nitrogen and oxygen atoms in total. The van der Waals surface area contributed by atoms with Gasteiger partial charge in [-0.2, -0.15) is 5.10 Å². The molecule has 1 unspecified atom stereocenters. The number of rotatable bonds is 2. The number of fused-ring (bicyclic) bond motifs is 1. The van der Waals surface area contributed by atoms with Gasteiger partial charge in [0.05, 0.1) is 17.3 Å². The van der Waals surface area contributed by atoms with Crippen molar-refractivity contribution in [3.63, 3.8) is 0 Å². The maximum absolute atomic E-state index is 12.7. The Hall–Kier alpha value is -2.70. The van der Waals surface area contributed by atoms with Crippen LogP contribution in [-0.2, 0) is 0 Å². The van der Waals surface area contributed by atoms with E-state index < -0.39 is 0 Å². The van der Waals surface area contributed by atoms with Crippen LogP contribution in [0.4, 0.5) is 10.5 Å². The average molecular weight is 286 g/mol. The Bertz CT molecular complexity index is 624. The van der Waals surface area contributed by atoms with Gasteiger partial charge < -0.3 is 22.2 Å². The zero-order chi connectivity index (χ0) is 15.0. The van der Waals surface area contributed by atoms with E-state index in [-0.39, 0.29) is 17.9 Å². The molecule has 0 saturated carbocycles.